The molecule has 0 aromatic heterocycles. The summed E-state index contributed by atoms with van der Waals surface area (Å²) in [5, 5.41) is 0. The van der Waals surface area contributed by atoms with Gasteiger partial charge in [0.1, 0.15) is 4.90 Å². The smallest absolute Gasteiger partial charge is 0.263 e. The molecular weight excluding hydrogens is 452 g/mol. The van der Waals surface area contributed by atoms with Crippen molar-refractivity contribution >= 4 is 41.7 Å². The van der Waals surface area contributed by atoms with Crippen molar-refractivity contribution in [1.29, 1.82) is 0 Å². The minimum atomic E-state index is -3.75. The van der Waals surface area contributed by atoms with Crippen molar-refractivity contribution in [1.82, 2.24) is 4.31 Å². The van der Waals surface area contributed by atoms with Crippen molar-refractivity contribution in [2.75, 3.05) is 17.0 Å². The fourth-order valence-electron chi connectivity index (χ4n) is 3.09. The summed E-state index contributed by atoms with van der Waals surface area (Å²) in [6.45, 7) is 2.56. The second-order valence-electron chi connectivity index (χ2n) is 6.42. The lowest BCUT2D eigenvalue weighted by Gasteiger charge is -2.28. The van der Waals surface area contributed by atoms with Crippen LogP contribution in [0.1, 0.15) is 24.5 Å². The molecule has 146 valence electrons. The van der Waals surface area contributed by atoms with Crippen molar-refractivity contribution in [2.24, 2.45) is 0 Å². The Morgan fingerprint density at radius 3 is 2.52 bits per heavy atom. The van der Waals surface area contributed by atoms with Gasteiger partial charge in [-0.1, -0.05) is 25.1 Å². The molecule has 0 saturated carbocycles. The van der Waals surface area contributed by atoms with Gasteiger partial charge in [0.25, 0.3) is 10.0 Å². The van der Waals surface area contributed by atoms with Gasteiger partial charge in [-0.25, -0.2) is 16.8 Å². The number of nitrogens with zero attached hydrogens (tertiary/aromatic N) is 1. The van der Waals surface area contributed by atoms with Crippen LogP contribution in [0.2, 0.25) is 0 Å². The molecule has 1 aliphatic rings. The number of fused-ring (bicyclic) bond motifs is 1. The van der Waals surface area contributed by atoms with Gasteiger partial charge in [0, 0.05) is 23.2 Å². The van der Waals surface area contributed by atoms with E-state index in [4.69, 9.17) is 0 Å². The Hall–Kier alpha value is -1.42. The molecule has 0 saturated heterocycles. The van der Waals surface area contributed by atoms with Crippen LogP contribution in [0.5, 0.6) is 0 Å². The predicted molar refractivity (Wildman–Crippen MR) is 110 cm³/mol. The Morgan fingerprint density at radius 1 is 1.07 bits per heavy atom. The van der Waals surface area contributed by atoms with Crippen LogP contribution in [0.15, 0.2) is 51.8 Å². The van der Waals surface area contributed by atoms with Gasteiger partial charge in [0.05, 0.1) is 5.75 Å². The first-order valence-corrected chi connectivity index (χ1v) is 12.5. The molecule has 0 radical (unpaired) electrons. The highest BCUT2D eigenvalue weighted by Gasteiger charge is 2.26. The Morgan fingerprint density at radius 2 is 1.81 bits per heavy atom. The number of halogens is 1. The van der Waals surface area contributed by atoms with E-state index in [1.54, 1.807) is 30.3 Å². The molecule has 9 heteroatoms. The van der Waals surface area contributed by atoms with E-state index in [-0.39, 0.29) is 17.2 Å². The summed E-state index contributed by atoms with van der Waals surface area (Å²) in [6, 6.07) is 11.9. The van der Waals surface area contributed by atoms with Gasteiger partial charge >= 0.3 is 0 Å². The van der Waals surface area contributed by atoms with Crippen molar-refractivity contribution in [3.63, 3.8) is 0 Å². The Kier molecular flexibility index (Phi) is 5.95. The number of benzene rings is 2. The second-order valence-corrected chi connectivity index (χ2v) is 11.0. The summed E-state index contributed by atoms with van der Waals surface area (Å²) in [7, 11) is -7.03. The van der Waals surface area contributed by atoms with Crippen LogP contribution in [0.3, 0.4) is 0 Å². The molecule has 0 atom stereocenters. The molecule has 0 bridgehead atoms. The highest BCUT2D eigenvalue weighted by Crippen LogP contribution is 2.27. The lowest BCUT2D eigenvalue weighted by molar-refractivity contribution is 0.391. The Bertz CT molecular complexity index is 1050. The molecule has 27 heavy (non-hydrogen) atoms. The number of sulfonamides is 2. The lowest BCUT2D eigenvalue weighted by Crippen LogP contribution is -2.37. The van der Waals surface area contributed by atoms with Gasteiger partial charge in [-0.3, -0.25) is 4.72 Å². The molecule has 3 rings (SSSR count). The van der Waals surface area contributed by atoms with Gasteiger partial charge in [-0.2, -0.15) is 4.31 Å². The Labute approximate surface area is 168 Å². The van der Waals surface area contributed by atoms with Crippen molar-refractivity contribution < 1.29 is 16.8 Å². The largest absolute Gasteiger partial charge is 0.280 e. The summed E-state index contributed by atoms with van der Waals surface area (Å²) in [4.78, 5) is 0.148. The van der Waals surface area contributed by atoms with Crippen LogP contribution in [-0.4, -0.2) is 33.4 Å². The number of anilines is 1. The molecule has 2 aromatic carbocycles. The highest BCUT2D eigenvalue weighted by atomic mass is 79.9. The lowest BCUT2D eigenvalue weighted by atomic mass is 10.0. The fourth-order valence-corrected chi connectivity index (χ4v) is 6.63. The van der Waals surface area contributed by atoms with Gasteiger partial charge in [-0.05, 0) is 64.2 Å². The second kappa shape index (κ2) is 7.90. The zero-order valence-corrected chi connectivity index (χ0v) is 18.1. The minimum absolute atomic E-state index is 0.122. The molecule has 2 aromatic rings. The average molecular weight is 473 g/mol. The van der Waals surface area contributed by atoms with E-state index in [2.05, 4.69) is 20.7 Å². The number of rotatable bonds is 6. The van der Waals surface area contributed by atoms with Crippen molar-refractivity contribution in [2.45, 2.75) is 31.2 Å². The molecule has 0 unspecified atom stereocenters. The highest BCUT2D eigenvalue weighted by molar-refractivity contribution is 9.10. The van der Waals surface area contributed by atoms with E-state index in [0.717, 1.165) is 11.1 Å². The summed E-state index contributed by atoms with van der Waals surface area (Å²) >= 11 is 3.26. The molecule has 0 spiro atoms. The van der Waals surface area contributed by atoms with Gasteiger partial charge < -0.3 is 0 Å². The van der Waals surface area contributed by atoms with Gasteiger partial charge in [0.2, 0.25) is 10.0 Å². The summed E-state index contributed by atoms with van der Waals surface area (Å²) in [5.41, 5.74) is 2.29. The van der Waals surface area contributed by atoms with Crippen LogP contribution < -0.4 is 4.72 Å². The van der Waals surface area contributed by atoms with E-state index in [1.807, 2.05) is 13.0 Å². The third kappa shape index (κ3) is 4.53. The molecule has 0 amide bonds. The number of hydrogen-bond acceptors (Lipinski definition) is 4. The zero-order valence-electron chi connectivity index (χ0n) is 14.9. The standard InChI is InChI=1S/C18H21BrN2O4S2/c1-2-11-26(22,23)21-10-9-14-7-8-16(12-15(14)13-21)20-27(24,25)18-6-4-3-5-17(18)19/h3-8,12,20H,2,9-11,13H2,1H3. The van der Waals surface area contributed by atoms with Crippen LogP contribution in [0, 0.1) is 0 Å². The minimum Gasteiger partial charge on any atom is -0.280 e. The van der Waals surface area contributed by atoms with Crippen LogP contribution in [0.25, 0.3) is 0 Å². The van der Waals surface area contributed by atoms with Gasteiger partial charge in [-0.15, -0.1) is 0 Å². The maximum absolute atomic E-state index is 12.7. The van der Waals surface area contributed by atoms with E-state index in [9.17, 15) is 16.8 Å². The van der Waals surface area contributed by atoms with Gasteiger partial charge in [0.15, 0.2) is 0 Å². The quantitative estimate of drug-likeness (QED) is 0.698. The van der Waals surface area contributed by atoms with Crippen LogP contribution >= 0.6 is 15.9 Å². The van der Waals surface area contributed by atoms with E-state index < -0.39 is 20.0 Å². The molecule has 0 aliphatic carbocycles. The van der Waals surface area contributed by atoms with Crippen LogP contribution in [-0.2, 0) is 33.0 Å². The third-order valence-electron chi connectivity index (χ3n) is 4.42. The molecule has 0 fully saturated rings. The molecule has 1 aliphatic heterocycles. The maximum Gasteiger partial charge on any atom is 0.263 e. The normalized spacial score (nSPS) is 15.3. The molecule has 1 heterocycles. The van der Waals surface area contributed by atoms with E-state index in [0.29, 0.717) is 29.5 Å². The average Bonchev–Trinajstić information content (AvgIpc) is 2.61. The molecule has 6 nitrogen and oxygen atoms in total. The first kappa shape index (κ1) is 20.3. The molecular formula is C18H21BrN2O4S2. The summed E-state index contributed by atoms with van der Waals surface area (Å²) in [6.07, 6.45) is 1.19. The first-order chi connectivity index (χ1) is 12.7. The monoisotopic (exact) mass is 472 g/mol. The van der Waals surface area contributed by atoms with Crippen molar-refractivity contribution in [3.05, 3.63) is 58.1 Å². The third-order valence-corrected chi connectivity index (χ3v) is 8.83. The predicted octanol–water partition coefficient (Wildman–Crippen LogP) is 3.35. The Balaban J connectivity index is 1.86. The zero-order chi connectivity index (χ0) is 19.7. The topological polar surface area (TPSA) is 83.6 Å². The van der Waals surface area contributed by atoms with Crippen LogP contribution in [0.4, 0.5) is 5.69 Å². The van der Waals surface area contributed by atoms with Crippen molar-refractivity contribution in [3.8, 4) is 0 Å². The maximum atomic E-state index is 12.7. The number of nitrogens with one attached hydrogen (secondary N) is 1. The summed E-state index contributed by atoms with van der Waals surface area (Å²) < 4.78 is 54.5. The van der Waals surface area contributed by atoms with E-state index >= 15 is 0 Å². The van der Waals surface area contributed by atoms with E-state index in [1.165, 1.54) is 10.4 Å². The summed E-state index contributed by atoms with van der Waals surface area (Å²) in [5.74, 6) is 0.122. The first-order valence-electron chi connectivity index (χ1n) is 8.60. The molecule has 1 N–H and O–H groups in total. The SMILES string of the molecule is CCCS(=O)(=O)N1CCc2ccc(NS(=O)(=O)c3ccccc3Br)cc2C1. The number of hydrogen-bond donors (Lipinski definition) is 1. The fraction of sp³-hybridized carbons (Fsp3) is 0.333.